The minimum Gasteiger partial charge on any atom is -0.459 e. The van der Waals surface area contributed by atoms with Crippen molar-refractivity contribution >= 4 is 59.2 Å². The molecule has 0 saturated heterocycles. The lowest BCUT2D eigenvalue weighted by Gasteiger charge is -2.20. The molecular formula is C29H37N2O7PS. The third kappa shape index (κ3) is 11.9. The third-order valence-corrected chi connectivity index (χ3v) is 8.70. The van der Waals surface area contributed by atoms with Gasteiger partial charge in [0.2, 0.25) is 0 Å². The fraction of sp³-hybridized carbons (Fsp3) is 0.414. The lowest BCUT2D eigenvalue weighted by Crippen LogP contribution is -2.34. The Balaban J connectivity index is 2.11. The minimum atomic E-state index is -0.984. The van der Waals surface area contributed by atoms with Gasteiger partial charge in [-0.15, -0.1) is 0 Å². The van der Waals surface area contributed by atoms with Crippen LogP contribution in [0.1, 0.15) is 69.2 Å². The predicted molar refractivity (Wildman–Crippen MR) is 159 cm³/mol. The number of amides is 2. The van der Waals surface area contributed by atoms with E-state index in [0.717, 1.165) is 10.6 Å². The summed E-state index contributed by atoms with van der Waals surface area (Å²) in [5.74, 6) is -1.85. The van der Waals surface area contributed by atoms with Gasteiger partial charge in [-0.05, 0) is 84.3 Å². The normalized spacial score (nSPS) is 11.5. The first kappa shape index (κ1) is 33.0. The summed E-state index contributed by atoms with van der Waals surface area (Å²) in [7, 11) is -0.984. The van der Waals surface area contributed by atoms with E-state index in [1.165, 1.54) is 18.7 Å². The largest absolute Gasteiger partial charge is 0.459 e. The van der Waals surface area contributed by atoms with E-state index in [0.29, 0.717) is 16.6 Å². The number of esters is 2. The molecule has 0 aliphatic heterocycles. The van der Waals surface area contributed by atoms with E-state index in [-0.39, 0.29) is 18.2 Å². The SMILES string of the molecule is CC(=O)SCP(c1ccc(C(=O)NCC(=O)OC(C)(C)C)cc1)c1ccc(C(=O)NCC(=O)OC(C)(C)C)cc1. The molecule has 216 valence electrons. The van der Waals surface area contributed by atoms with Crippen LogP contribution in [0.2, 0.25) is 0 Å². The van der Waals surface area contributed by atoms with E-state index in [4.69, 9.17) is 9.47 Å². The van der Waals surface area contributed by atoms with Crippen LogP contribution >= 0.6 is 19.7 Å². The van der Waals surface area contributed by atoms with Crippen LogP contribution in [0.4, 0.5) is 0 Å². The summed E-state index contributed by atoms with van der Waals surface area (Å²) in [6, 6.07) is 14.0. The molecule has 0 saturated carbocycles. The Bertz CT molecular complexity index is 1130. The van der Waals surface area contributed by atoms with Gasteiger partial charge in [0.1, 0.15) is 24.3 Å². The summed E-state index contributed by atoms with van der Waals surface area (Å²) in [4.78, 5) is 60.5. The number of carbonyl (C=O) groups excluding carboxylic acids is 5. The van der Waals surface area contributed by atoms with E-state index in [1.807, 2.05) is 24.3 Å². The van der Waals surface area contributed by atoms with Crippen molar-refractivity contribution < 1.29 is 33.4 Å². The quantitative estimate of drug-likeness (QED) is 0.319. The Hall–Kier alpha value is -3.23. The average Bonchev–Trinajstić information content (AvgIpc) is 2.84. The third-order valence-electron chi connectivity index (χ3n) is 4.91. The molecule has 0 aliphatic rings. The highest BCUT2D eigenvalue weighted by atomic mass is 32.2. The van der Waals surface area contributed by atoms with Crippen LogP contribution in [0.3, 0.4) is 0 Å². The van der Waals surface area contributed by atoms with Crippen LogP contribution in [-0.2, 0) is 23.9 Å². The van der Waals surface area contributed by atoms with Gasteiger partial charge >= 0.3 is 11.9 Å². The molecule has 2 aromatic carbocycles. The Kier molecular flexibility index (Phi) is 11.9. The first-order valence-electron chi connectivity index (χ1n) is 12.7. The molecule has 0 bridgehead atoms. The summed E-state index contributed by atoms with van der Waals surface area (Å²) in [6.07, 6.45) is 0. The van der Waals surface area contributed by atoms with Gasteiger partial charge < -0.3 is 20.1 Å². The highest BCUT2D eigenvalue weighted by Crippen LogP contribution is 2.38. The monoisotopic (exact) mass is 588 g/mol. The van der Waals surface area contributed by atoms with Crippen LogP contribution in [0.5, 0.6) is 0 Å². The summed E-state index contributed by atoms with van der Waals surface area (Å²) in [5.41, 5.74) is 0.0252. The van der Waals surface area contributed by atoms with Gasteiger partial charge in [0, 0.05) is 23.5 Å². The summed E-state index contributed by atoms with van der Waals surface area (Å²) >= 11 is 1.21. The average molecular weight is 589 g/mol. The van der Waals surface area contributed by atoms with Gasteiger partial charge in [0.25, 0.3) is 11.8 Å². The van der Waals surface area contributed by atoms with Gasteiger partial charge in [-0.1, -0.05) is 36.0 Å². The number of hydrogen-bond donors (Lipinski definition) is 2. The van der Waals surface area contributed by atoms with Gasteiger partial charge in [0.05, 0.1) is 0 Å². The van der Waals surface area contributed by atoms with E-state index < -0.39 is 42.9 Å². The maximum Gasteiger partial charge on any atom is 0.325 e. The molecule has 2 N–H and O–H groups in total. The molecule has 0 spiro atoms. The zero-order valence-corrected chi connectivity index (χ0v) is 25.7. The van der Waals surface area contributed by atoms with Crippen molar-refractivity contribution in [2.24, 2.45) is 0 Å². The lowest BCUT2D eigenvalue weighted by molar-refractivity contribution is -0.154. The maximum absolute atomic E-state index is 12.5. The van der Waals surface area contributed by atoms with E-state index in [1.54, 1.807) is 65.8 Å². The molecule has 0 radical (unpaired) electrons. The van der Waals surface area contributed by atoms with Crippen LogP contribution < -0.4 is 21.2 Å². The minimum absolute atomic E-state index is 0.0104. The standard InChI is InChI=1S/C29H37N2O7PS/c1-19(32)40-18-39(22-12-8-20(9-13-22)26(35)30-16-24(33)37-28(2,3)4)23-14-10-21(11-15-23)27(36)31-17-25(34)38-29(5,6)7/h8-15H,16-18H2,1-7H3,(H,30,35)(H,31,36). The van der Waals surface area contributed by atoms with Crippen LogP contribution in [0.25, 0.3) is 0 Å². The van der Waals surface area contributed by atoms with Gasteiger partial charge in [-0.3, -0.25) is 24.0 Å². The van der Waals surface area contributed by atoms with Crippen molar-refractivity contribution in [2.45, 2.75) is 59.7 Å². The number of hydrogen-bond acceptors (Lipinski definition) is 8. The molecule has 9 nitrogen and oxygen atoms in total. The molecule has 0 aromatic heterocycles. The van der Waals surface area contributed by atoms with Crippen LogP contribution in [0.15, 0.2) is 48.5 Å². The first-order valence-corrected chi connectivity index (χ1v) is 15.2. The van der Waals surface area contributed by atoms with Crippen molar-refractivity contribution in [3.8, 4) is 0 Å². The van der Waals surface area contributed by atoms with Gasteiger partial charge in [-0.2, -0.15) is 0 Å². The number of benzene rings is 2. The number of thioether (sulfide) groups is 1. The lowest BCUT2D eigenvalue weighted by atomic mass is 10.2. The molecule has 40 heavy (non-hydrogen) atoms. The molecule has 0 aliphatic carbocycles. The van der Waals surface area contributed by atoms with Gasteiger partial charge in [0.15, 0.2) is 5.12 Å². The zero-order chi connectivity index (χ0) is 30.1. The van der Waals surface area contributed by atoms with Crippen molar-refractivity contribution in [3.05, 3.63) is 59.7 Å². The van der Waals surface area contributed by atoms with Gasteiger partial charge in [-0.25, -0.2) is 0 Å². The molecule has 0 heterocycles. The van der Waals surface area contributed by atoms with Crippen LogP contribution in [-0.4, -0.2) is 58.7 Å². The fourth-order valence-corrected chi connectivity index (χ4v) is 7.06. The molecule has 2 aromatic rings. The fourth-order valence-electron chi connectivity index (χ4n) is 3.30. The number of nitrogens with one attached hydrogen (secondary N) is 2. The molecule has 11 heteroatoms. The molecule has 2 amide bonds. The van der Waals surface area contributed by atoms with Crippen molar-refractivity contribution in [1.82, 2.24) is 10.6 Å². The topological polar surface area (TPSA) is 128 Å². The highest BCUT2D eigenvalue weighted by molar-refractivity contribution is 8.18. The Labute approximate surface area is 240 Å². The van der Waals surface area contributed by atoms with Crippen molar-refractivity contribution in [1.29, 1.82) is 0 Å². The number of carbonyl (C=O) groups is 5. The maximum atomic E-state index is 12.5. The Morgan fingerprint density at radius 3 is 1.32 bits per heavy atom. The summed E-state index contributed by atoms with van der Waals surface area (Å²) < 4.78 is 10.4. The Morgan fingerprint density at radius 2 is 1.02 bits per heavy atom. The molecule has 2 rings (SSSR count). The first-order chi connectivity index (χ1) is 18.5. The molecule has 0 unspecified atom stereocenters. The number of rotatable bonds is 10. The molecule has 0 atom stereocenters. The predicted octanol–water partition coefficient (Wildman–Crippen LogP) is 3.50. The smallest absolute Gasteiger partial charge is 0.325 e. The summed E-state index contributed by atoms with van der Waals surface area (Å²) in [5, 5.41) is 6.99. The van der Waals surface area contributed by atoms with Crippen molar-refractivity contribution in [3.63, 3.8) is 0 Å². The van der Waals surface area contributed by atoms with E-state index in [2.05, 4.69) is 10.6 Å². The van der Waals surface area contributed by atoms with E-state index >= 15 is 0 Å². The molecular weight excluding hydrogens is 551 g/mol. The van der Waals surface area contributed by atoms with Crippen molar-refractivity contribution in [2.75, 3.05) is 18.6 Å². The highest BCUT2D eigenvalue weighted by Gasteiger charge is 2.20. The van der Waals surface area contributed by atoms with Crippen LogP contribution in [0, 0.1) is 0 Å². The summed E-state index contributed by atoms with van der Waals surface area (Å²) in [6.45, 7) is 11.5. The zero-order valence-electron chi connectivity index (χ0n) is 24.0. The second kappa shape index (κ2) is 14.4. The van der Waals surface area contributed by atoms with E-state index in [9.17, 15) is 24.0 Å². The number of ether oxygens (including phenoxy) is 2. The second-order valence-corrected chi connectivity index (χ2v) is 14.6. The molecule has 0 fully saturated rings. The second-order valence-electron chi connectivity index (χ2n) is 10.8. The Morgan fingerprint density at radius 1 is 0.675 bits per heavy atom.